The second-order valence-corrected chi connectivity index (χ2v) is 5.58. The van der Waals surface area contributed by atoms with Crippen LogP contribution in [0.5, 0.6) is 0 Å². The van der Waals surface area contributed by atoms with Crippen molar-refractivity contribution in [3.8, 4) is 0 Å². The van der Waals surface area contributed by atoms with Gasteiger partial charge in [-0.3, -0.25) is 4.79 Å². The van der Waals surface area contributed by atoms with Gasteiger partial charge in [0.1, 0.15) is 0 Å². The summed E-state index contributed by atoms with van der Waals surface area (Å²) in [5.74, 6) is 0.940. The van der Waals surface area contributed by atoms with Crippen molar-refractivity contribution >= 4 is 11.6 Å². The number of carbonyl (C=O) groups is 1. The number of hydrogen-bond acceptors (Lipinski definition) is 2. The maximum atomic E-state index is 12.1. The highest BCUT2D eigenvalue weighted by Crippen LogP contribution is 2.17. The van der Waals surface area contributed by atoms with E-state index in [9.17, 15) is 4.79 Å². The minimum absolute atomic E-state index is 0.285. The summed E-state index contributed by atoms with van der Waals surface area (Å²) in [6.45, 7) is 6.90. The normalized spacial score (nSPS) is 19.3. The number of anilines is 1. The van der Waals surface area contributed by atoms with Crippen LogP contribution in [0.1, 0.15) is 31.7 Å². The minimum Gasteiger partial charge on any atom is -0.384 e. The SMILES string of the molecule is Cc1ccccc1NCCC(=O)N1CCCC(C)C1. The van der Waals surface area contributed by atoms with Gasteiger partial charge >= 0.3 is 0 Å². The highest BCUT2D eigenvalue weighted by Gasteiger charge is 2.20. The summed E-state index contributed by atoms with van der Waals surface area (Å²) in [6.07, 6.45) is 2.99. The second-order valence-electron chi connectivity index (χ2n) is 5.58. The molecule has 1 unspecified atom stereocenters. The molecule has 1 aliphatic heterocycles. The largest absolute Gasteiger partial charge is 0.384 e. The fourth-order valence-electron chi connectivity index (χ4n) is 2.65. The van der Waals surface area contributed by atoms with Gasteiger partial charge < -0.3 is 10.2 Å². The van der Waals surface area contributed by atoms with E-state index < -0.39 is 0 Å². The molecule has 1 amide bonds. The molecular weight excluding hydrogens is 236 g/mol. The highest BCUT2D eigenvalue weighted by molar-refractivity contribution is 5.76. The first-order valence-electron chi connectivity index (χ1n) is 7.24. The molecule has 1 heterocycles. The smallest absolute Gasteiger partial charge is 0.224 e. The molecule has 104 valence electrons. The van der Waals surface area contributed by atoms with Crippen LogP contribution in [-0.4, -0.2) is 30.4 Å². The van der Waals surface area contributed by atoms with Crippen LogP contribution in [0.2, 0.25) is 0 Å². The average molecular weight is 260 g/mol. The van der Waals surface area contributed by atoms with E-state index in [1.165, 1.54) is 12.0 Å². The van der Waals surface area contributed by atoms with E-state index in [1.807, 2.05) is 17.0 Å². The molecule has 1 aliphatic rings. The van der Waals surface area contributed by atoms with Gasteiger partial charge in [0.05, 0.1) is 0 Å². The molecule has 3 nitrogen and oxygen atoms in total. The highest BCUT2D eigenvalue weighted by atomic mass is 16.2. The fraction of sp³-hybridized carbons (Fsp3) is 0.562. The minimum atomic E-state index is 0.285. The lowest BCUT2D eigenvalue weighted by Crippen LogP contribution is -2.39. The zero-order valence-corrected chi connectivity index (χ0v) is 12.0. The van der Waals surface area contributed by atoms with E-state index >= 15 is 0 Å². The van der Waals surface area contributed by atoms with Crippen molar-refractivity contribution in [2.24, 2.45) is 5.92 Å². The summed E-state index contributed by atoms with van der Waals surface area (Å²) >= 11 is 0. The standard InChI is InChI=1S/C16H24N2O/c1-13-6-5-11-18(12-13)16(19)9-10-17-15-8-4-3-7-14(15)2/h3-4,7-8,13,17H,5-6,9-12H2,1-2H3. The summed E-state index contributed by atoms with van der Waals surface area (Å²) in [5.41, 5.74) is 2.35. The maximum Gasteiger partial charge on any atom is 0.224 e. The molecule has 1 aromatic carbocycles. The Morgan fingerprint density at radius 3 is 2.95 bits per heavy atom. The second kappa shape index (κ2) is 6.60. The Balaban J connectivity index is 1.76. The summed E-state index contributed by atoms with van der Waals surface area (Å²) in [6, 6.07) is 8.18. The monoisotopic (exact) mass is 260 g/mol. The molecule has 1 saturated heterocycles. The van der Waals surface area contributed by atoms with Crippen molar-refractivity contribution in [3.63, 3.8) is 0 Å². The van der Waals surface area contributed by atoms with Crippen LogP contribution < -0.4 is 5.32 Å². The Hall–Kier alpha value is -1.51. The Morgan fingerprint density at radius 2 is 2.21 bits per heavy atom. The molecule has 1 atom stereocenters. The van der Waals surface area contributed by atoms with Gasteiger partial charge in [0.2, 0.25) is 5.91 Å². The van der Waals surface area contributed by atoms with Crippen molar-refractivity contribution in [1.82, 2.24) is 4.90 Å². The predicted octanol–water partition coefficient (Wildman–Crippen LogP) is 3.06. The third-order valence-electron chi connectivity index (χ3n) is 3.81. The molecule has 0 spiro atoms. The van der Waals surface area contributed by atoms with E-state index in [2.05, 4.69) is 31.3 Å². The topological polar surface area (TPSA) is 32.3 Å². The molecule has 0 radical (unpaired) electrons. The Kier molecular flexibility index (Phi) is 4.83. The van der Waals surface area contributed by atoms with Crippen LogP contribution in [0, 0.1) is 12.8 Å². The number of piperidine rings is 1. The molecule has 0 aromatic heterocycles. The van der Waals surface area contributed by atoms with E-state index in [4.69, 9.17) is 0 Å². The third kappa shape index (κ3) is 3.98. The van der Waals surface area contributed by atoms with Gasteiger partial charge in [-0.2, -0.15) is 0 Å². The van der Waals surface area contributed by atoms with E-state index in [1.54, 1.807) is 0 Å². The predicted molar refractivity (Wildman–Crippen MR) is 79.3 cm³/mol. The average Bonchev–Trinajstić information content (AvgIpc) is 2.41. The molecule has 2 rings (SSSR count). The van der Waals surface area contributed by atoms with Crippen molar-refractivity contribution in [2.75, 3.05) is 25.0 Å². The van der Waals surface area contributed by atoms with E-state index in [-0.39, 0.29) is 5.91 Å². The van der Waals surface area contributed by atoms with Gasteiger partial charge in [-0.1, -0.05) is 25.1 Å². The Bertz CT molecular complexity index is 431. The van der Waals surface area contributed by atoms with Crippen LogP contribution in [-0.2, 0) is 4.79 Å². The van der Waals surface area contributed by atoms with Gasteiger partial charge in [0.15, 0.2) is 0 Å². The van der Waals surface area contributed by atoms with Crippen LogP contribution >= 0.6 is 0 Å². The number of hydrogen-bond donors (Lipinski definition) is 1. The number of aryl methyl sites for hydroxylation is 1. The summed E-state index contributed by atoms with van der Waals surface area (Å²) in [4.78, 5) is 14.1. The van der Waals surface area contributed by atoms with Crippen LogP contribution in [0.4, 0.5) is 5.69 Å². The number of likely N-dealkylation sites (tertiary alicyclic amines) is 1. The number of nitrogens with one attached hydrogen (secondary N) is 1. The molecule has 3 heteroatoms. The Labute approximate surface area is 116 Å². The molecule has 1 aromatic rings. The molecule has 19 heavy (non-hydrogen) atoms. The van der Waals surface area contributed by atoms with Crippen molar-refractivity contribution in [3.05, 3.63) is 29.8 Å². The number of amides is 1. The van der Waals surface area contributed by atoms with E-state index in [0.29, 0.717) is 18.9 Å². The van der Waals surface area contributed by atoms with Gasteiger partial charge in [-0.25, -0.2) is 0 Å². The third-order valence-corrected chi connectivity index (χ3v) is 3.81. The zero-order valence-electron chi connectivity index (χ0n) is 12.0. The van der Waals surface area contributed by atoms with Gasteiger partial charge in [0.25, 0.3) is 0 Å². The van der Waals surface area contributed by atoms with Gasteiger partial charge in [-0.15, -0.1) is 0 Å². The summed E-state index contributed by atoms with van der Waals surface area (Å²) < 4.78 is 0. The lowest BCUT2D eigenvalue weighted by atomic mass is 10.00. The number of benzene rings is 1. The van der Waals surface area contributed by atoms with Crippen LogP contribution in [0.25, 0.3) is 0 Å². The number of rotatable bonds is 4. The molecule has 0 bridgehead atoms. The van der Waals surface area contributed by atoms with Crippen molar-refractivity contribution in [2.45, 2.75) is 33.1 Å². The lowest BCUT2D eigenvalue weighted by molar-refractivity contribution is -0.132. The zero-order chi connectivity index (χ0) is 13.7. The van der Waals surface area contributed by atoms with Gasteiger partial charge in [-0.05, 0) is 37.3 Å². The number of carbonyl (C=O) groups excluding carboxylic acids is 1. The fourth-order valence-corrected chi connectivity index (χ4v) is 2.65. The molecular formula is C16H24N2O. The first-order valence-corrected chi connectivity index (χ1v) is 7.24. The van der Waals surface area contributed by atoms with Crippen molar-refractivity contribution in [1.29, 1.82) is 0 Å². The molecule has 0 aliphatic carbocycles. The van der Waals surface area contributed by atoms with Crippen LogP contribution in [0.15, 0.2) is 24.3 Å². The lowest BCUT2D eigenvalue weighted by Gasteiger charge is -2.31. The van der Waals surface area contributed by atoms with E-state index in [0.717, 1.165) is 25.2 Å². The Morgan fingerprint density at radius 1 is 1.42 bits per heavy atom. The molecule has 0 saturated carbocycles. The number of nitrogens with zero attached hydrogens (tertiary/aromatic N) is 1. The van der Waals surface area contributed by atoms with Crippen molar-refractivity contribution < 1.29 is 4.79 Å². The summed E-state index contributed by atoms with van der Waals surface area (Å²) in [7, 11) is 0. The summed E-state index contributed by atoms with van der Waals surface area (Å²) in [5, 5.41) is 3.35. The number of para-hydroxylation sites is 1. The maximum absolute atomic E-state index is 12.1. The molecule has 1 fully saturated rings. The first-order chi connectivity index (χ1) is 9.16. The van der Waals surface area contributed by atoms with Crippen LogP contribution in [0.3, 0.4) is 0 Å². The molecule has 1 N–H and O–H groups in total. The quantitative estimate of drug-likeness (QED) is 0.902. The first kappa shape index (κ1) is 13.9. The van der Waals surface area contributed by atoms with Gasteiger partial charge in [0, 0.05) is 31.7 Å².